The summed E-state index contributed by atoms with van der Waals surface area (Å²) in [5.74, 6) is 0.185. The third-order valence-electron chi connectivity index (χ3n) is 3.85. The van der Waals surface area contributed by atoms with Crippen LogP contribution in [0.4, 0.5) is 5.69 Å². The number of methoxy groups -OCH3 is 1. The summed E-state index contributed by atoms with van der Waals surface area (Å²) in [6, 6.07) is 11.3. The molecule has 2 rings (SSSR count). The molecule has 2 aromatic carbocycles. The fourth-order valence-corrected chi connectivity index (χ4v) is 4.38. The highest BCUT2D eigenvalue weighted by Crippen LogP contribution is 2.25. The van der Waals surface area contributed by atoms with Gasteiger partial charge in [-0.05, 0) is 52.3 Å². The Hall–Kier alpha value is -1.90. The molecule has 0 unspecified atom stereocenters. The standard InChI is InChI=1S/C18H21BrN2O4S/c1-4-21(5-2)26(23,24)15-8-6-7-13(11-15)20-18(22)16-12-14(25-3)9-10-17(16)19/h6-12H,4-5H2,1-3H3,(H,20,22). The molecule has 0 spiro atoms. The molecule has 0 aliphatic heterocycles. The molecule has 6 nitrogen and oxygen atoms in total. The first kappa shape index (κ1) is 20.4. The molecule has 0 heterocycles. The molecule has 26 heavy (non-hydrogen) atoms. The fourth-order valence-electron chi connectivity index (χ4n) is 2.45. The van der Waals surface area contributed by atoms with Gasteiger partial charge < -0.3 is 10.1 Å². The highest BCUT2D eigenvalue weighted by Gasteiger charge is 2.22. The van der Waals surface area contributed by atoms with Gasteiger partial charge in [-0.3, -0.25) is 4.79 Å². The van der Waals surface area contributed by atoms with Gasteiger partial charge in [-0.2, -0.15) is 4.31 Å². The number of carbonyl (C=O) groups excluding carboxylic acids is 1. The second kappa shape index (κ2) is 8.66. The number of carbonyl (C=O) groups is 1. The number of hydrogen-bond donors (Lipinski definition) is 1. The normalized spacial score (nSPS) is 11.4. The van der Waals surface area contributed by atoms with Gasteiger partial charge in [0.15, 0.2) is 0 Å². The summed E-state index contributed by atoms with van der Waals surface area (Å²) in [4.78, 5) is 12.7. The van der Waals surface area contributed by atoms with Crippen molar-refractivity contribution in [3.63, 3.8) is 0 Å². The highest BCUT2D eigenvalue weighted by molar-refractivity contribution is 9.10. The Morgan fingerprint density at radius 3 is 2.46 bits per heavy atom. The summed E-state index contributed by atoms with van der Waals surface area (Å²) in [5.41, 5.74) is 0.791. The molecule has 0 saturated carbocycles. The Labute approximate surface area is 162 Å². The van der Waals surface area contributed by atoms with E-state index in [1.54, 1.807) is 44.2 Å². The minimum Gasteiger partial charge on any atom is -0.497 e. The van der Waals surface area contributed by atoms with Gasteiger partial charge in [0.2, 0.25) is 10.0 Å². The van der Waals surface area contributed by atoms with Crippen LogP contribution in [0, 0.1) is 0 Å². The average molecular weight is 441 g/mol. The molecule has 0 radical (unpaired) electrons. The van der Waals surface area contributed by atoms with Gasteiger partial charge in [0.05, 0.1) is 17.6 Å². The van der Waals surface area contributed by atoms with Crippen molar-refractivity contribution in [2.45, 2.75) is 18.7 Å². The summed E-state index contributed by atoms with van der Waals surface area (Å²) in [5, 5.41) is 2.73. The summed E-state index contributed by atoms with van der Waals surface area (Å²) < 4.78 is 32.4. The Bertz CT molecular complexity index is 896. The van der Waals surface area contributed by atoms with Crippen LogP contribution >= 0.6 is 15.9 Å². The molecule has 0 aromatic heterocycles. The first-order chi connectivity index (χ1) is 12.3. The Morgan fingerprint density at radius 1 is 1.15 bits per heavy atom. The van der Waals surface area contributed by atoms with Crippen LogP contribution in [-0.2, 0) is 10.0 Å². The zero-order chi connectivity index (χ0) is 19.3. The van der Waals surface area contributed by atoms with E-state index in [0.717, 1.165) is 0 Å². The maximum Gasteiger partial charge on any atom is 0.256 e. The van der Waals surface area contributed by atoms with E-state index >= 15 is 0 Å². The first-order valence-electron chi connectivity index (χ1n) is 8.08. The monoisotopic (exact) mass is 440 g/mol. The van der Waals surface area contributed by atoms with Crippen LogP contribution < -0.4 is 10.1 Å². The van der Waals surface area contributed by atoms with E-state index in [0.29, 0.717) is 34.6 Å². The second-order valence-electron chi connectivity index (χ2n) is 5.42. The van der Waals surface area contributed by atoms with Crippen LogP contribution in [0.2, 0.25) is 0 Å². The number of sulfonamides is 1. The molecular weight excluding hydrogens is 420 g/mol. The van der Waals surface area contributed by atoms with E-state index in [9.17, 15) is 13.2 Å². The second-order valence-corrected chi connectivity index (χ2v) is 8.21. The molecule has 1 N–H and O–H groups in total. The van der Waals surface area contributed by atoms with Gasteiger partial charge in [0, 0.05) is 23.2 Å². The average Bonchev–Trinajstić information content (AvgIpc) is 2.63. The number of nitrogens with zero attached hydrogens (tertiary/aromatic N) is 1. The van der Waals surface area contributed by atoms with Gasteiger partial charge in [-0.25, -0.2) is 8.42 Å². The lowest BCUT2D eigenvalue weighted by molar-refractivity contribution is 0.102. The van der Waals surface area contributed by atoms with Crippen molar-refractivity contribution in [2.24, 2.45) is 0 Å². The maximum atomic E-state index is 12.6. The number of rotatable bonds is 7. The molecule has 8 heteroatoms. The SMILES string of the molecule is CCN(CC)S(=O)(=O)c1cccc(NC(=O)c2cc(OC)ccc2Br)c1. The van der Waals surface area contributed by atoms with E-state index in [1.807, 2.05) is 0 Å². The van der Waals surface area contributed by atoms with Gasteiger partial charge >= 0.3 is 0 Å². The van der Waals surface area contributed by atoms with Crippen LogP contribution in [0.5, 0.6) is 5.75 Å². The van der Waals surface area contributed by atoms with E-state index < -0.39 is 10.0 Å². The minimum absolute atomic E-state index is 0.142. The summed E-state index contributed by atoms with van der Waals surface area (Å²) in [6.07, 6.45) is 0. The van der Waals surface area contributed by atoms with Crippen LogP contribution in [0.3, 0.4) is 0 Å². The molecule has 140 valence electrons. The number of anilines is 1. The van der Waals surface area contributed by atoms with Crippen molar-refractivity contribution in [1.29, 1.82) is 0 Å². The number of ether oxygens (including phenoxy) is 1. The van der Waals surface area contributed by atoms with E-state index in [2.05, 4.69) is 21.2 Å². The predicted molar refractivity (Wildman–Crippen MR) is 105 cm³/mol. The molecule has 0 atom stereocenters. The van der Waals surface area contributed by atoms with Gasteiger partial charge in [-0.15, -0.1) is 0 Å². The Morgan fingerprint density at radius 2 is 1.85 bits per heavy atom. The van der Waals surface area contributed by atoms with Crippen LogP contribution in [-0.4, -0.2) is 38.8 Å². The van der Waals surface area contributed by atoms with Crippen LogP contribution in [0.25, 0.3) is 0 Å². The highest BCUT2D eigenvalue weighted by atomic mass is 79.9. The maximum absolute atomic E-state index is 12.6. The van der Waals surface area contributed by atoms with E-state index in [-0.39, 0.29) is 10.8 Å². The number of benzene rings is 2. The molecule has 0 fully saturated rings. The summed E-state index contributed by atoms with van der Waals surface area (Å²) in [6.45, 7) is 4.33. The summed E-state index contributed by atoms with van der Waals surface area (Å²) in [7, 11) is -2.07. The largest absolute Gasteiger partial charge is 0.497 e. The van der Waals surface area contributed by atoms with Gasteiger partial charge in [0.1, 0.15) is 5.75 Å². The molecular formula is C18H21BrN2O4S. The molecule has 1 amide bonds. The fraction of sp³-hybridized carbons (Fsp3) is 0.278. The van der Waals surface area contributed by atoms with Crippen molar-refractivity contribution < 1.29 is 17.9 Å². The molecule has 0 saturated heterocycles. The smallest absolute Gasteiger partial charge is 0.256 e. The molecule has 0 aliphatic rings. The number of halogens is 1. The van der Waals surface area contributed by atoms with Crippen molar-refractivity contribution in [1.82, 2.24) is 4.31 Å². The zero-order valence-corrected chi connectivity index (χ0v) is 17.2. The number of hydrogen-bond acceptors (Lipinski definition) is 4. The van der Waals surface area contributed by atoms with E-state index in [1.165, 1.54) is 23.5 Å². The predicted octanol–water partition coefficient (Wildman–Crippen LogP) is 3.74. The van der Waals surface area contributed by atoms with Crippen molar-refractivity contribution in [2.75, 3.05) is 25.5 Å². The molecule has 0 bridgehead atoms. The minimum atomic E-state index is -3.59. The third kappa shape index (κ3) is 4.44. The van der Waals surface area contributed by atoms with Crippen molar-refractivity contribution in [3.05, 3.63) is 52.5 Å². The number of nitrogens with one attached hydrogen (secondary N) is 1. The van der Waals surface area contributed by atoms with Crippen molar-refractivity contribution >= 4 is 37.5 Å². The Kier molecular flexibility index (Phi) is 6.80. The summed E-state index contributed by atoms with van der Waals surface area (Å²) >= 11 is 3.34. The molecule has 2 aromatic rings. The van der Waals surface area contributed by atoms with E-state index in [4.69, 9.17) is 4.74 Å². The quantitative estimate of drug-likeness (QED) is 0.711. The zero-order valence-electron chi connectivity index (χ0n) is 14.8. The lowest BCUT2D eigenvalue weighted by Gasteiger charge is -2.19. The first-order valence-corrected chi connectivity index (χ1v) is 10.3. The topological polar surface area (TPSA) is 75.7 Å². The third-order valence-corrected chi connectivity index (χ3v) is 6.59. The molecule has 0 aliphatic carbocycles. The van der Waals surface area contributed by atoms with Crippen LogP contribution in [0.15, 0.2) is 51.8 Å². The van der Waals surface area contributed by atoms with Gasteiger partial charge in [-0.1, -0.05) is 19.9 Å². The van der Waals surface area contributed by atoms with Crippen molar-refractivity contribution in [3.8, 4) is 5.75 Å². The Balaban J connectivity index is 2.30. The lowest BCUT2D eigenvalue weighted by atomic mass is 10.2. The number of amides is 1. The van der Waals surface area contributed by atoms with Gasteiger partial charge in [0.25, 0.3) is 5.91 Å². The van der Waals surface area contributed by atoms with Crippen LogP contribution in [0.1, 0.15) is 24.2 Å². The lowest BCUT2D eigenvalue weighted by Crippen LogP contribution is -2.30.